The van der Waals surface area contributed by atoms with Crippen LogP contribution < -0.4 is 15.0 Å². The molecule has 5 rings (SSSR count). The van der Waals surface area contributed by atoms with E-state index < -0.39 is 23.7 Å². The van der Waals surface area contributed by atoms with Crippen LogP contribution in [0, 0.1) is 16.7 Å². The first kappa shape index (κ1) is 28.4. The van der Waals surface area contributed by atoms with E-state index in [2.05, 4.69) is 26.7 Å². The molecule has 3 aliphatic rings. The van der Waals surface area contributed by atoms with Gasteiger partial charge in [-0.2, -0.15) is 13.2 Å². The van der Waals surface area contributed by atoms with Gasteiger partial charge in [0.25, 0.3) is 5.91 Å². The minimum atomic E-state index is -4.59. The molecule has 1 atom stereocenters. The number of ether oxygens (including phenoxy) is 1. The third-order valence-electron chi connectivity index (χ3n) is 7.18. The number of piperidine rings is 2. The van der Waals surface area contributed by atoms with Gasteiger partial charge in [-0.25, -0.2) is 4.98 Å². The van der Waals surface area contributed by atoms with Crippen molar-refractivity contribution in [3.8, 4) is 17.6 Å². The number of benzene rings is 1. The minimum Gasteiger partial charge on any atom is -0.481 e. The maximum Gasteiger partial charge on any atom is 0.419 e. The van der Waals surface area contributed by atoms with Crippen LogP contribution in [-0.2, 0) is 22.3 Å². The monoisotopic (exact) mass is 587 g/mol. The number of amides is 3. The number of pyridine rings is 1. The average molecular weight is 588 g/mol. The maximum atomic E-state index is 13.7. The van der Waals surface area contributed by atoms with E-state index in [0.29, 0.717) is 42.8 Å². The van der Waals surface area contributed by atoms with Gasteiger partial charge in [0.2, 0.25) is 11.8 Å². The van der Waals surface area contributed by atoms with Crippen LogP contribution in [0.1, 0.15) is 52.9 Å². The van der Waals surface area contributed by atoms with Gasteiger partial charge in [0.15, 0.2) is 0 Å². The molecule has 1 aromatic carbocycles. The quantitative estimate of drug-likeness (QED) is 0.235. The van der Waals surface area contributed by atoms with Crippen LogP contribution in [0.2, 0.25) is 0 Å². The van der Waals surface area contributed by atoms with E-state index in [9.17, 15) is 32.5 Å². The zero-order valence-electron chi connectivity index (χ0n) is 21.6. The number of halogens is 3. The Bertz CT molecular complexity index is 1450. The molecular weight excluding hydrogens is 563 g/mol. The highest BCUT2D eigenvalue weighted by Gasteiger charge is 2.39. The molecule has 0 bridgehead atoms. The molecule has 2 fully saturated rings. The van der Waals surface area contributed by atoms with Crippen molar-refractivity contribution in [3.63, 3.8) is 0 Å². The van der Waals surface area contributed by atoms with Crippen molar-refractivity contribution in [2.75, 3.05) is 24.6 Å². The Morgan fingerprint density at radius 1 is 1.15 bits per heavy atom. The van der Waals surface area contributed by atoms with Gasteiger partial charge < -0.3 is 14.5 Å². The van der Waals surface area contributed by atoms with E-state index in [4.69, 9.17) is 4.74 Å². The fraction of sp³-hybridized carbons (Fsp3) is 0.407. The molecule has 10 nitrogen and oxygen atoms in total. The SMILES string of the molecule is O=NSC1CCN(c2cc(C#CCOc3ccc4c(c3)CN(C3CCC(=O)NC3=O)C4=O)ncc2C(F)(F)F)CC1. The van der Waals surface area contributed by atoms with Crippen molar-refractivity contribution in [3.05, 3.63) is 57.8 Å². The zero-order chi connectivity index (χ0) is 29.1. The van der Waals surface area contributed by atoms with Gasteiger partial charge in [-0.15, -0.1) is 4.91 Å². The molecule has 0 spiro atoms. The lowest BCUT2D eigenvalue weighted by Gasteiger charge is -2.33. The third-order valence-corrected chi connectivity index (χ3v) is 8.04. The Morgan fingerprint density at radius 3 is 2.63 bits per heavy atom. The summed E-state index contributed by atoms with van der Waals surface area (Å²) in [6.07, 6.45) is -2.32. The Kier molecular flexibility index (Phi) is 8.16. The first-order valence-corrected chi connectivity index (χ1v) is 13.7. The molecule has 0 radical (unpaired) electrons. The van der Waals surface area contributed by atoms with E-state index in [1.165, 1.54) is 11.0 Å². The summed E-state index contributed by atoms with van der Waals surface area (Å²) in [5, 5.41) is 2.24. The number of nitrogens with zero attached hydrogens (tertiary/aromatic N) is 4. The lowest BCUT2D eigenvalue weighted by atomic mass is 10.0. The van der Waals surface area contributed by atoms with Gasteiger partial charge >= 0.3 is 6.18 Å². The second-order valence-electron chi connectivity index (χ2n) is 9.76. The number of hydrogen-bond donors (Lipinski definition) is 1. The molecule has 1 unspecified atom stereocenters. The lowest BCUT2D eigenvalue weighted by Crippen LogP contribution is -2.52. The Morgan fingerprint density at radius 2 is 1.93 bits per heavy atom. The predicted octanol–water partition coefficient (Wildman–Crippen LogP) is 3.68. The number of fused-ring (bicyclic) bond motifs is 1. The summed E-state index contributed by atoms with van der Waals surface area (Å²) >= 11 is 0.913. The minimum absolute atomic E-state index is 0.0101. The highest BCUT2D eigenvalue weighted by molar-refractivity contribution is 7.98. The third kappa shape index (κ3) is 6.30. The van der Waals surface area contributed by atoms with Crippen LogP contribution in [0.15, 0.2) is 35.0 Å². The summed E-state index contributed by atoms with van der Waals surface area (Å²) in [5.74, 6) is 4.79. The average Bonchev–Trinajstić information content (AvgIpc) is 3.26. The number of alkyl halides is 3. The molecule has 2 saturated heterocycles. The Labute approximate surface area is 237 Å². The lowest BCUT2D eigenvalue weighted by molar-refractivity contribution is -0.138. The molecular formula is C27H24F3N5O5S. The molecule has 3 aliphatic heterocycles. The second kappa shape index (κ2) is 11.8. The number of carbonyl (C=O) groups excluding carboxylic acids is 3. The van der Waals surface area contributed by atoms with E-state index in [1.54, 1.807) is 23.1 Å². The standard InChI is InChI=1S/C27H24F3N5O5S/c28-27(29,30)21-14-31-17(13-23(21)34-9-7-19(8-10-34)41-33-39)2-1-11-40-18-3-4-20-16(12-18)15-35(26(20)38)22-5-6-24(36)32-25(22)37/h3-4,12-14,19,22H,5-11,15H2,(H,32,36,37). The van der Waals surface area contributed by atoms with Crippen LogP contribution in [0.4, 0.5) is 18.9 Å². The fourth-order valence-electron chi connectivity index (χ4n) is 5.14. The van der Waals surface area contributed by atoms with E-state index >= 15 is 0 Å². The molecule has 0 saturated carbocycles. The van der Waals surface area contributed by atoms with Crippen LogP contribution in [0.5, 0.6) is 5.75 Å². The molecule has 41 heavy (non-hydrogen) atoms. The summed E-state index contributed by atoms with van der Waals surface area (Å²) in [6, 6.07) is 5.47. The number of carbonyl (C=O) groups is 3. The number of imide groups is 1. The summed E-state index contributed by atoms with van der Waals surface area (Å²) in [7, 11) is 0. The van der Waals surface area contributed by atoms with Crippen molar-refractivity contribution < 1.29 is 32.3 Å². The van der Waals surface area contributed by atoms with Crippen LogP contribution in [-0.4, -0.2) is 58.6 Å². The highest BCUT2D eigenvalue weighted by Crippen LogP contribution is 2.38. The second-order valence-corrected chi connectivity index (χ2v) is 10.8. The number of aromatic nitrogens is 1. The van der Waals surface area contributed by atoms with E-state index in [-0.39, 0.29) is 54.4 Å². The molecule has 1 aromatic heterocycles. The highest BCUT2D eigenvalue weighted by atomic mass is 32.2. The normalized spacial score (nSPS) is 19.4. The fourth-order valence-corrected chi connectivity index (χ4v) is 5.69. The molecule has 1 N–H and O–H groups in total. The number of nitrogens with one attached hydrogen (secondary N) is 1. The van der Waals surface area contributed by atoms with Crippen molar-refractivity contribution in [2.24, 2.45) is 4.58 Å². The van der Waals surface area contributed by atoms with Crippen molar-refractivity contribution in [1.29, 1.82) is 0 Å². The van der Waals surface area contributed by atoms with Gasteiger partial charge in [0.1, 0.15) is 24.1 Å². The molecule has 2 aromatic rings. The molecule has 3 amide bonds. The van der Waals surface area contributed by atoms with Crippen molar-refractivity contribution in [2.45, 2.75) is 49.7 Å². The van der Waals surface area contributed by atoms with Crippen molar-refractivity contribution >= 4 is 35.4 Å². The van der Waals surface area contributed by atoms with Crippen molar-refractivity contribution in [1.82, 2.24) is 15.2 Å². The number of hydrogen-bond acceptors (Lipinski definition) is 9. The van der Waals surface area contributed by atoms with Gasteiger partial charge in [-0.1, -0.05) is 5.92 Å². The predicted molar refractivity (Wildman–Crippen MR) is 143 cm³/mol. The molecule has 4 heterocycles. The molecule has 14 heteroatoms. The van der Waals surface area contributed by atoms with Crippen LogP contribution >= 0.6 is 11.9 Å². The van der Waals surface area contributed by atoms with E-state index in [0.717, 1.165) is 18.1 Å². The summed E-state index contributed by atoms with van der Waals surface area (Å²) in [5.41, 5.74) is 0.411. The summed E-state index contributed by atoms with van der Waals surface area (Å²) < 4.78 is 49.5. The van der Waals surface area contributed by atoms with Gasteiger partial charge in [0, 0.05) is 59.6 Å². The van der Waals surface area contributed by atoms with E-state index in [1.807, 2.05) is 0 Å². The molecule has 214 valence electrons. The number of rotatable bonds is 6. The topological polar surface area (TPSA) is 121 Å². The Balaban J connectivity index is 1.24. The smallest absolute Gasteiger partial charge is 0.419 e. The largest absolute Gasteiger partial charge is 0.481 e. The zero-order valence-corrected chi connectivity index (χ0v) is 22.4. The van der Waals surface area contributed by atoms with Gasteiger partial charge in [-0.3, -0.25) is 19.7 Å². The maximum absolute atomic E-state index is 13.7. The van der Waals surface area contributed by atoms with Crippen LogP contribution in [0.3, 0.4) is 0 Å². The first-order valence-electron chi connectivity index (χ1n) is 12.8. The first-order chi connectivity index (χ1) is 19.6. The van der Waals surface area contributed by atoms with Gasteiger partial charge in [-0.05, 0) is 55.0 Å². The summed E-state index contributed by atoms with van der Waals surface area (Å²) in [4.78, 5) is 53.9. The Hall–Kier alpha value is -4.12. The number of anilines is 1. The number of nitroso groups, excluding NO2 is 1. The van der Waals surface area contributed by atoms with Gasteiger partial charge in [0.05, 0.1) is 11.3 Å². The van der Waals surface area contributed by atoms with Crippen LogP contribution in [0.25, 0.3) is 0 Å². The molecule has 0 aliphatic carbocycles. The summed E-state index contributed by atoms with van der Waals surface area (Å²) in [6.45, 7) is 0.808.